The van der Waals surface area contributed by atoms with E-state index in [1.807, 2.05) is 6.07 Å². The van der Waals surface area contributed by atoms with Crippen molar-refractivity contribution in [1.82, 2.24) is 10.2 Å². The van der Waals surface area contributed by atoms with Gasteiger partial charge >= 0.3 is 0 Å². The number of carbonyl (C=O) groups excluding carboxylic acids is 1. The van der Waals surface area contributed by atoms with Crippen LogP contribution in [-0.2, 0) is 11.2 Å². The first-order chi connectivity index (χ1) is 10.3. The Morgan fingerprint density at radius 1 is 1.10 bits per heavy atom. The standard InChI is InChI=1S/C18H28N2O/c1-3-5-14-20-17(9-4-2)19-16(18(20)21)13-12-15-10-7-6-8-11-15/h6-8,10-11,16-17,19H,3-5,9,12-14H2,1-2H3. The highest BCUT2D eigenvalue weighted by molar-refractivity contribution is 5.84. The Kier molecular flexibility index (Phi) is 6.24. The fourth-order valence-electron chi connectivity index (χ4n) is 3.02. The van der Waals surface area contributed by atoms with Gasteiger partial charge in [0.05, 0.1) is 12.2 Å². The molecule has 3 nitrogen and oxygen atoms in total. The summed E-state index contributed by atoms with van der Waals surface area (Å²) < 4.78 is 0. The summed E-state index contributed by atoms with van der Waals surface area (Å²) in [5, 5.41) is 3.55. The summed E-state index contributed by atoms with van der Waals surface area (Å²) in [5.41, 5.74) is 1.31. The van der Waals surface area contributed by atoms with Crippen molar-refractivity contribution in [3.05, 3.63) is 35.9 Å². The van der Waals surface area contributed by atoms with Crippen LogP contribution in [0.4, 0.5) is 0 Å². The van der Waals surface area contributed by atoms with E-state index in [9.17, 15) is 4.79 Å². The first-order valence-corrected chi connectivity index (χ1v) is 8.36. The molecule has 0 spiro atoms. The lowest BCUT2D eigenvalue weighted by Crippen LogP contribution is -2.37. The van der Waals surface area contributed by atoms with Crippen LogP contribution in [0.5, 0.6) is 0 Å². The molecule has 1 N–H and O–H groups in total. The second kappa shape index (κ2) is 8.18. The maximum absolute atomic E-state index is 12.6. The fourth-order valence-corrected chi connectivity index (χ4v) is 3.02. The molecule has 3 heteroatoms. The van der Waals surface area contributed by atoms with Gasteiger partial charge in [0.2, 0.25) is 5.91 Å². The number of aryl methyl sites for hydroxylation is 1. The fraction of sp³-hybridized carbons (Fsp3) is 0.611. The maximum Gasteiger partial charge on any atom is 0.241 e. The van der Waals surface area contributed by atoms with Crippen molar-refractivity contribution in [2.75, 3.05) is 6.54 Å². The third-order valence-corrected chi connectivity index (χ3v) is 4.23. The molecular weight excluding hydrogens is 260 g/mol. The summed E-state index contributed by atoms with van der Waals surface area (Å²) in [4.78, 5) is 14.7. The van der Waals surface area contributed by atoms with Gasteiger partial charge < -0.3 is 4.90 Å². The molecule has 1 aliphatic rings. The number of hydrogen-bond acceptors (Lipinski definition) is 2. The molecule has 1 saturated heterocycles. The molecular formula is C18H28N2O. The van der Waals surface area contributed by atoms with Crippen LogP contribution in [0.1, 0.15) is 51.5 Å². The van der Waals surface area contributed by atoms with Crippen LogP contribution in [0.2, 0.25) is 0 Å². The zero-order valence-electron chi connectivity index (χ0n) is 13.3. The van der Waals surface area contributed by atoms with E-state index >= 15 is 0 Å². The number of carbonyl (C=O) groups is 1. The van der Waals surface area contributed by atoms with Gasteiger partial charge in [-0.1, -0.05) is 57.0 Å². The van der Waals surface area contributed by atoms with Crippen molar-refractivity contribution in [2.24, 2.45) is 0 Å². The smallest absolute Gasteiger partial charge is 0.241 e. The lowest BCUT2D eigenvalue weighted by Gasteiger charge is -2.23. The number of benzene rings is 1. The summed E-state index contributed by atoms with van der Waals surface area (Å²) in [7, 11) is 0. The number of amides is 1. The SMILES string of the molecule is CCCCN1C(=O)C(CCc2ccccc2)NC1CCC. The Labute approximate surface area is 128 Å². The minimum Gasteiger partial charge on any atom is -0.326 e. The van der Waals surface area contributed by atoms with Gasteiger partial charge in [0, 0.05) is 6.54 Å². The van der Waals surface area contributed by atoms with Crippen LogP contribution >= 0.6 is 0 Å². The van der Waals surface area contributed by atoms with Gasteiger partial charge in [-0.3, -0.25) is 10.1 Å². The molecule has 0 aromatic heterocycles. The lowest BCUT2D eigenvalue weighted by atomic mass is 10.1. The van der Waals surface area contributed by atoms with E-state index in [2.05, 4.69) is 48.3 Å². The Balaban J connectivity index is 1.92. The number of unbranched alkanes of at least 4 members (excludes halogenated alkanes) is 1. The molecule has 21 heavy (non-hydrogen) atoms. The first kappa shape index (κ1) is 16.0. The molecule has 2 unspecified atom stereocenters. The maximum atomic E-state index is 12.6. The predicted octanol–water partition coefficient (Wildman–Crippen LogP) is 3.35. The van der Waals surface area contributed by atoms with Gasteiger partial charge in [0.1, 0.15) is 0 Å². The molecule has 2 atom stereocenters. The van der Waals surface area contributed by atoms with Crippen LogP contribution in [0.3, 0.4) is 0 Å². The summed E-state index contributed by atoms with van der Waals surface area (Å²) in [6.07, 6.45) is 6.50. The molecule has 1 aromatic rings. The summed E-state index contributed by atoms with van der Waals surface area (Å²) in [6.45, 7) is 5.26. The number of nitrogens with one attached hydrogen (secondary N) is 1. The largest absolute Gasteiger partial charge is 0.326 e. The van der Waals surface area contributed by atoms with Crippen LogP contribution in [-0.4, -0.2) is 29.6 Å². The molecule has 0 bridgehead atoms. The molecule has 116 valence electrons. The second-order valence-corrected chi connectivity index (χ2v) is 5.93. The van der Waals surface area contributed by atoms with Gasteiger partial charge in [0.25, 0.3) is 0 Å². The van der Waals surface area contributed by atoms with Gasteiger partial charge in [0.15, 0.2) is 0 Å². The Bertz CT molecular complexity index is 432. The minimum atomic E-state index is -0.00128. The highest BCUT2D eigenvalue weighted by Gasteiger charge is 2.37. The van der Waals surface area contributed by atoms with Crippen molar-refractivity contribution in [3.8, 4) is 0 Å². The van der Waals surface area contributed by atoms with E-state index < -0.39 is 0 Å². The minimum absolute atomic E-state index is 0.00128. The average Bonchev–Trinajstić information content (AvgIpc) is 2.80. The molecule has 1 amide bonds. The van der Waals surface area contributed by atoms with Crippen LogP contribution in [0.15, 0.2) is 30.3 Å². The van der Waals surface area contributed by atoms with Crippen LogP contribution in [0.25, 0.3) is 0 Å². The van der Waals surface area contributed by atoms with E-state index in [4.69, 9.17) is 0 Å². The third kappa shape index (κ3) is 4.31. The van der Waals surface area contributed by atoms with E-state index in [-0.39, 0.29) is 12.2 Å². The van der Waals surface area contributed by atoms with Crippen LogP contribution in [0, 0.1) is 0 Å². The summed E-state index contributed by atoms with van der Waals surface area (Å²) in [5.74, 6) is 0.304. The predicted molar refractivity (Wildman–Crippen MR) is 87.0 cm³/mol. The normalized spacial score (nSPS) is 22.0. The van der Waals surface area contributed by atoms with Crippen molar-refractivity contribution in [3.63, 3.8) is 0 Å². The number of rotatable bonds is 8. The molecule has 0 saturated carbocycles. The highest BCUT2D eigenvalue weighted by Crippen LogP contribution is 2.19. The van der Waals surface area contributed by atoms with E-state index in [1.54, 1.807) is 0 Å². The number of hydrogen-bond donors (Lipinski definition) is 1. The molecule has 1 aromatic carbocycles. The first-order valence-electron chi connectivity index (χ1n) is 8.36. The zero-order chi connectivity index (χ0) is 15.1. The lowest BCUT2D eigenvalue weighted by molar-refractivity contribution is -0.130. The van der Waals surface area contributed by atoms with E-state index in [1.165, 1.54) is 5.56 Å². The third-order valence-electron chi connectivity index (χ3n) is 4.23. The second-order valence-electron chi connectivity index (χ2n) is 5.93. The molecule has 1 heterocycles. The van der Waals surface area contributed by atoms with Gasteiger partial charge in [-0.25, -0.2) is 0 Å². The van der Waals surface area contributed by atoms with Crippen molar-refractivity contribution >= 4 is 5.91 Å². The average molecular weight is 288 g/mol. The van der Waals surface area contributed by atoms with Crippen LogP contribution < -0.4 is 5.32 Å². The summed E-state index contributed by atoms with van der Waals surface area (Å²) >= 11 is 0. The molecule has 2 rings (SSSR count). The Morgan fingerprint density at radius 3 is 2.52 bits per heavy atom. The molecule has 1 aliphatic heterocycles. The molecule has 0 radical (unpaired) electrons. The number of nitrogens with zero attached hydrogens (tertiary/aromatic N) is 1. The van der Waals surface area contributed by atoms with Crippen molar-refractivity contribution < 1.29 is 4.79 Å². The monoisotopic (exact) mass is 288 g/mol. The highest BCUT2D eigenvalue weighted by atomic mass is 16.2. The zero-order valence-corrected chi connectivity index (χ0v) is 13.3. The Hall–Kier alpha value is -1.35. The van der Waals surface area contributed by atoms with E-state index in [0.29, 0.717) is 5.91 Å². The molecule has 1 fully saturated rings. The van der Waals surface area contributed by atoms with Gasteiger partial charge in [-0.2, -0.15) is 0 Å². The van der Waals surface area contributed by atoms with Gasteiger partial charge in [-0.05, 0) is 31.2 Å². The quantitative estimate of drug-likeness (QED) is 0.795. The van der Waals surface area contributed by atoms with E-state index in [0.717, 1.165) is 45.1 Å². The molecule has 0 aliphatic carbocycles. The Morgan fingerprint density at radius 2 is 1.86 bits per heavy atom. The summed E-state index contributed by atoms with van der Waals surface area (Å²) in [6, 6.07) is 10.4. The van der Waals surface area contributed by atoms with Crippen molar-refractivity contribution in [2.45, 2.75) is 64.6 Å². The topological polar surface area (TPSA) is 32.3 Å². The van der Waals surface area contributed by atoms with Gasteiger partial charge in [-0.15, -0.1) is 0 Å². The van der Waals surface area contributed by atoms with Crippen molar-refractivity contribution in [1.29, 1.82) is 0 Å².